The molecule has 106 valence electrons. The number of aromatic nitrogens is 1. The first-order valence-electron chi connectivity index (χ1n) is 6.60. The van der Waals surface area contributed by atoms with Gasteiger partial charge in [-0.15, -0.1) is 0 Å². The van der Waals surface area contributed by atoms with E-state index < -0.39 is 5.97 Å². The van der Waals surface area contributed by atoms with Gasteiger partial charge in [-0.05, 0) is 12.1 Å². The van der Waals surface area contributed by atoms with Gasteiger partial charge >= 0.3 is 5.97 Å². The maximum Gasteiger partial charge on any atom is 0.304 e. The summed E-state index contributed by atoms with van der Waals surface area (Å²) in [6.45, 7) is 1.45. The van der Waals surface area contributed by atoms with E-state index >= 15 is 0 Å². The zero-order valence-electron chi connectivity index (χ0n) is 11.0. The molecule has 1 aliphatic rings. The zero-order valence-corrected chi connectivity index (χ0v) is 11.8. The molecule has 2 aromatic rings. The quantitative estimate of drug-likeness (QED) is 0.932. The van der Waals surface area contributed by atoms with Crippen LogP contribution in [0, 0.1) is 0 Å². The molecule has 1 saturated heterocycles. The van der Waals surface area contributed by atoms with Crippen molar-refractivity contribution in [2.75, 3.05) is 18.1 Å². The Hall–Kier alpha value is -1.53. The minimum Gasteiger partial charge on any atom is -0.481 e. The number of carboxylic acid groups (broad SMARTS) is 1. The molecule has 0 saturated carbocycles. The second-order valence-electron chi connectivity index (χ2n) is 4.87. The molecule has 1 N–H and O–H groups in total. The van der Waals surface area contributed by atoms with E-state index in [0.29, 0.717) is 12.4 Å². The fourth-order valence-electron chi connectivity index (χ4n) is 2.45. The predicted octanol–water partition coefficient (Wildman–Crippen LogP) is 2.22. The van der Waals surface area contributed by atoms with Gasteiger partial charge in [0.1, 0.15) is 5.52 Å². The Balaban J connectivity index is 1.75. The fraction of sp³-hybridized carbons (Fsp3) is 0.429. The highest BCUT2D eigenvalue weighted by molar-refractivity contribution is 7.99. The molecule has 1 atom stereocenters. The Kier molecular flexibility index (Phi) is 3.93. The number of fused-ring (bicyclic) bond motifs is 1. The monoisotopic (exact) mass is 292 g/mol. The summed E-state index contributed by atoms with van der Waals surface area (Å²) in [6.07, 6.45) is 0.174. The number of nitrogens with zero attached hydrogens (tertiary/aromatic N) is 2. The first-order valence-corrected chi connectivity index (χ1v) is 7.76. The van der Waals surface area contributed by atoms with Crippen LogP contribution in [0.2, 0.25) is 0 Å². The average Bonchev–Trinajstić information content (AvgIpc) is 2.82. The SMILES string of the molecule is O=C(O)CC1CSCCN1Cc1nc2ccccc2o1. The van der Waals surface area contributed by atoms with Gasteiger partial charge in [-0.25, -0.2) is 4.98 Å². The molecule has 0 amide bonds. The first kappa shape index (κ1) is 13.5. The number of aliphatic carboxylic acids is 1. The number of rotatable bonds is 4. The van der Waals surface area contributed by atoms with E-state index in [2.05, 4.69) is 9.88 Å². The van der Waals surface area contributed by atoms with Gasteiger partial charge < -0.3 is 9.52 Å². The standard InChI is InChI=1S/C14H16N2O3S/c17-14(18)7-10-9-20-6-5-16(10)8-13-15-11-3-1-2-4-12(11)19-13/h1-4,10H,5-9H2,(H,17,18). The lowest BCUT2D eigenvalue weighted by molar-refractivity contribution is -0.138. The smallest absolute Gasteiger partial charge is 0.304 e. The number of hydrogen-bond acceptors (Lipinski definition) is 5. The van der Waals surface area contributed by atoms with E-state index in [1.165, 1.54) is 0 Å². The molecular formula is C14H16N2O3S. The Bertz CT molecular complexity index is 580. The van der Waals surface area contributed by atoms with Gasteiger partial charge in [0.15, 0.2) is 5.58 Å². The van der Waals surface area contributed by atoms with Crippen LogP contribution in [0.4, 0.5) is 0 Å². The second-order valence-corrected chi connectivity index (χ2v) is 6.02. The summed E-state index contributed by atoms with van der Waals surface area (Å²) in [4.78, 5) is 17.6. The topological polar surface area (TPSA) is 66.6 Å². The molecule has 0 spiro atoms. The molecule has 0 aliphatic carbocycles. The van der Waals surface area contributed by atoms with Gasteiger partial charge in [-0.2, -0.15) is 11.8 Å². The lowest BCUT2D eigenvalue weighted by Crippen LogP contribution is -2.43. The van der Waals surface area contributed by atoms with Crippen molar-refractivity contribution in [2.24, 2.45) is 0 Å². The molecule has 0 bridgehead atoms. The van der Waals surface area contributed by atoms with Crippen molar-refractivity contribution in [2.45, 2.75) is 19.0 Å². The second kappa shape index (κ2) is 5.85. The minimum atomic E-state index is -0.750. The number of carbonyl (C=O) groups is 1. The number of hydrogen-bond donors (Lipinski definition) is 1. The molecule has 1 unspecified atom stereocenters. The van der Waals surface area contributed by atoms with Crippen LogP contribution in [-0.4, -0.2) is 45.1 Å². The number of benzene rings is 1. The maximum absolute atomic E-state index is 10.9. The van der Waals surface area contributed by atoms with E-state index in [9.17, 15) is 4.79 Å². The third-order valence-corrected chi connectivity index (χ3v) is 4.53. The summed E-state index contributed by atoms with van der Waals surface area (Å²) in [5.41, 5.74) is 1.63. The van der Waals surface area contributed by atoms with E-state index in [-0.39, 0.29) is 12.5 Å². The lowest BCUT2D eigenvalue weighted by atomic mass is 10.2. The van der Waals surface area contributed by atoms with Crippen LogP contribution in [0.3, 0.4) is 0 Å². The van der Waals surface area contributed by atoms with Crippen molar-refractivity contribution in [3.63, 3.8) is 0 Å². The molecule has 3 rings (SSSR count). The molecule has 5 nitrogen and oxygen atoms in total. The van der Waals surface area contributed by atoms with Crippen LogP contribution in [-0.2, 0) is 11.3 Å². The van der Waals surface area contributed by atoms with Crippen molar-refractivity contribution in [1.82, 2.24) is 9.88 Å². The summed E-state index contributed by atoms with van der Waals surface area (Å²) >= 11 is 1.81. The Morgan fingerprint density at radius 3 is 3.15 bits per heavy atom. The van der Waals surface area contributed by atoms with Crippen LogP contribution >= 0.6 is 11.8 Å². The molecule has 1 aromatic carbocycles. The van der Waals surface area contributed by atoms with E-state index in [1.807, 2.05) is 36.0 Å². The number of carboxylic acids is 1. The fourth-order valence-corrected chi connectivity index (χ4v) is 3.58. The highest BCUT2D eigenvalue weighted by Gasteiger charge is 2.26. The molecule has 2 heterocycles. The van der Waals surface area contributed by atoms with Gasteiger partial charge in [0.25, 0.3) is 0 Å². The summed E-state index contributed by atoms with van der Waals surface area (Å²) in [6, 6.07) is 7.72. The molecule has 1 aromatic heterocycles. The number of oxazole rings is 1. The summed E-state index contributed by atoms with van der Waals surface area (Å²) < 4.78 is 5.72. The maximum atomic E-state index is 10.9. The Morgan fingerprint density at radius 2 is 2.35 bits per heavy atom. The summed E-state index contributed by atoms with van der Waals surface area (Å²) in [5, 5.41) is 8.99. The third-order valence-electron chi connectivity index (χ3n) is 3.44. The largest absolute Gasteiger partial charge is 0.481 e. The lowest BCUT2D eigenvalue weighted by Gasteiger charge is -2.33. The first-order chi connectivity index (χ1) is 9.72. The average molecular weight is 292 g/mol. The van der Waals surface area contributed by atoms with E-state index in [4.69, 9.17) is 9.52 Å². The molecular weight excluding hydrogens is 276 g/mol. The molecule has 1 aliphatic heterocycles. The van der Waals surface area contributed by atoms with Gasteiger partial charge in [0.05, 0.1) is 13.0 Å². The molecule has 1 fully saturated rings. The van der Waals surface area contributed by atoms with Crippen molar-refractivity contribution < 1.29 is 14.3 Å². The van der Waals surface area contributed by atoms with Crippen molar-refractivity contribution >= 4 is 28.8 Å². The highest BCUT2D eigenvalue weighted by atomic mass is 32.2. The molecule has 0 radical (unpaired) electrons. The van der Waals surface area contributed by atoms with E-state index in [0.717, 1.165) is 29.2 Å². The van der Waals surface area contributed by atoms with Crippen LogP contribution in [0.25, 0.3) is 11.1 Å². The summed E-state index contributed by atoms with van der Waals surface area (Å²) in [5.74, 6) is 1.79. The van der Waals surface area contributed by atoms with Crippen molar-refractivity contribution in [3.8, 4) is 0 Å². The van der Waals surface area contributed by atoms with Crippen molar-refractivity contribution in [1.29, 1.82) is 0 Å². The van der Waals surface area contributed by atoms with Crippen LogP contribution < -0.4 is 0 Å². The zero-order chi connectivity index (χ0) is 13.9. The van der Waals surface area contributed by atoms with Crippen LogP contribution in [0.5, 0.6) is 0 Å². The minimum absolute atomic E-state index is 0.0567. The van der Waals surface area contributed by atoms with Gasteiger partial charge in [-0.1, -0.05) is 12.1 Å². The Morgan fingerprint density at radius 1 is 1.50 bits per heavy atom. The Labute approximate surface area is 121 Å². The van der Waals surface area contributed by atoms with Gasteiger partial charge in [0, 0.05) is 24.1 Å². The normalized spacial score (nSPS) is 20.3. The van der Waals surface area contributed by atoms with E-state index in [1.54, 1.807) is 0 Å². The molecule has 6 heteroatoms. The predicted molar refractivity (Wildman–Crippen MR) is 77.8 cm³/mol. The third kappa shape index (κ3) is 2.96. The van der Waals surface area contributed by atoms with Gasteiger partial charge in [0.2, 0.25) is 5.89 Å². The highest BCUT2D eigenvalue weighted by Crippen LogP contribution is 2.22. The van der Waals surface area contributed by atoms with Gasteiger partial charge in [-0.3, -0.25) is 9.69 Å². The van der Waals surface area contributed by atoms with Crippen LogP contribution in [0.15, 0.2) is 28.7 Å². The van der Waals surface area contributed by atoms with Crippen LogP contribution in [0.1, 0.15) is 12.3 Å². The summed E-state index contributed by atoms with van der Waals surface area (Å²) in [7, 11) is 0. The number of para-hydroxylation sites is 2. The molecule has 20 heavy (non-hydrogen) atoms. The van der Waals surface area contributed by atoms with Crippen molar-refractivity contribution in [3.05, 3.63) is 30.2 Å². The number of thioether (sulfide) groups is 1.